The molecule has 0 amide bonds. The van der Waals surface area contributed by atoms with Crippen LogP contribution in [0.25, 0.3) is 11.4 Å². The quantitative estimate of drug-likeness (QED) is 0.792. The molecule has 0 radical (unpaired) electrons. The molecule has 2 aromatic heterocycles. The fourth-order valence-corrected chi connectivity index (χ4v) is 1.85. The molecule has 21 heavy (non-hydrogen) atoms. The minimum atomic E-state index is -0.976. The SMILES string of the molecule is OCc1nccn1Cc1nc(-c2ccc(F)c(F)c2)no1. The molecule has 108 valence electrons. The summed E-state index contributed by atoms with van der Waals surface area (Å²) in [6.07, 6.45) is 3.20. The molecule has 0 spiro atoms. The van der Waals surface area contributed by atoms with E-state index in [2.05, 4.69) is 15.1 Å². The van der Waals surface area contributed by atoms with Crippen LogP contribution in [0, 0.1) is 11.6 Å². The van der Waals surface area contributed by atoms with Crippen molar-refractivity contribution < 1.29 is 18.4 Å². The van der Waals surface area contributed by atoms with Gasteiger partial charge in [0.15, 0.2) is 11.6 Å². The number of imidazole rings is 1. The van der Waals surface area contributed by atoms with E-state index < -0.39 is 11.6 Å². The Morgan fingerprint density at radius 3 is 2.86 bits per heavy atom. The minimum absolute atomic E-state index is 0.162. The van der Waals surface area contributed by atoms with E-state index in [9.17, 15) is 8.78 Å². The van der Waals surface area contributed by atoms with Gasteiger partial charge in [0.2, 0.25) is 11.7 Å². The van der Waals surface area contributed by atoms with E-state index in [1.54, 1.807) is 10.8 Å². The lowest BCUT2D eigenvalue weighted by Gasteiger charge is -2.00. The van der Waals surface area contributed by atoms with Gasteiger partial charge in [-0.1, -0.05) is 5.16 Å². The molecule has 6 nitrogen and oxygen atoms in total. The smallest absolute Gasteiger partial charge is 0.246 e. The number of halogens is 2. The van der Waals surface area contributed by atoms with Crippen molar-refractivity contribution >= 4 is 0 Å². The lowest BCUT2D eigenvalue weighted by molar-refractivity contribution is 0.264. The van der Waals surface area contributed by atoms with E-state index in [1.165, 1.54) is 12.3 Å². The third kappa shape index (κ3) is 2.65. The van der Waals surface area contributed by atoms with Crippen LogP contribution < -0.4 is 0 Å². The number of hydrogen-bond acceptors (Lipinski definition) is 5. The summed E-state index contributed by atoms with van der Waals surface area (Å²) in [5.74, 6) is -1.02. The maximum absolute atomic E-state index is 13.2. The summed E-state index contributed by atoms with van der Waals surface area (Å²) in [5.41, 5.74) is 0.317. The van der Waals surface area contributed by atoms with Gasteiger partial charge >= 0.3 is 0 Å². The second-order valence-electron chi connectivity index (χ2n) is 4.27. The maximum Gasteiger partial charge on any atom is 0.246 e. The molecule has 0 unspecified atom stereocenters. The Labute approximate surface area is 117 Å². The van der Waals surface area contributed by atoms with Crippen LogP contribution in [0.2, 0.25) is 0 Å². The van der Waals surface area contributed by atoms with Crippen molar-refractivity contribution in [3.05, 3.63) is 53.9 Å². The van der Waals surface area contributed by atoms with E-state index in [-0.39, 0.29) is 24.9 Å². The van der Waals surface area contributed by atoms with Gasteiger partial charge in [-0.3, -0.25) is 0 Å². The molecule has 2 heterocycles. The summed E-state index contributed by atoms with van der Waals surface area (Å²) >= 11 is 0. The Hall–Kier alpha value is -2.61. The minimum Gasteiger partial charge on any atom is -0.388 e. The van der Waals surface area contributed by atoms with Crippen LogP contribution in [-0.2, 0) is 13.2 Å². The van der Waals surface area contributed by atoms with E-state index in [4.69, 9.17) is 9.63 Å². The van der Waals surface area contributed by atoms with Gasteiger partial charge in [0.05, 0.1) is 0 Å². The van der Waals surface area contributed by atoms with Crippen molar-refractivity contribution in [2.45, 2.75) is 13.2 Å². The standard InChI is InChI=1S/C13H10F2N4O2/c14-9-2-1-8(5-10(9)15)13-17-12(21-18-13)6-19-4-3-16-11(19)7-20/h1-5,20H,6-7H2. The average Bonchev–Trinajstić information content (AvgIpc) is 3.11. The zero-order valence-electron chi connectivity index (χ0n) is 10.7. The van der Waals surface area contributed by atoms with Gasteiger partial charge in [0.25, 0.3) is 0 Å². The highest BCUT2D eigenvalue weighted by Crippen LogP contribution is 2.19. The van der Waals surface area contributed by atoms with Gasteiger partial charge in [-0.25, -0.2) is 13.8 Å². The molecule has 3 rings (SSSR count). The number of nitrogens with zero attached hydrogens (tertiary/aromatic N) is 4. The molecule has 0 saturated carbocycles. The Bertz CT molecular complexity index is 769. The number of rotatable bonds is 4. The summed E-state index contributed by atoms with van der Waals surface area (Å²) in [4.78, 5) is 8.05. The Morgan fingerprint density at radius 1 is 1.24 bits per heavy atom. The van der Waals surface area contributed by atoms with Crippen LogP contribution in [-0.4, -0.2) is 24.8 Å². The summed E-state index contributed by atoms with van der Waals surface area (Å²) in [7, 11) is 0. The molecule has 3 aromatic rings. The van der Waals surface area contributed by atoms with Crippen LogP contribution in [0.5, 0.6) is 0 Å². The molecule has 0 aliphatic carbocycles. The molecule has 0 aliphatic rings. The molecule has 0 aliphatic heterocycles. The Balaban J connectivity index is 1.84. The largest absolute Gasteiger partial charge is 0.388 e. The second kappa shape index (κ2) is 5.41. The van der Waals surface area contributed by atoms with Gasteiger partial charge in [0.1, 0.15) is 19.0 Å². The van der Waals surface area contributed by atoms with Crippen LogP contribution in [0.1, 0.15) is 11.7 Å². The molecule has 1 aromatic carbocycles. The van der Waals surface area contributed by atoms with E-state index in [0.29, 0.717) is 11.4 Å². The van der Waals surface area contributed by atoms with Crippen molar-refractivity contribution in [2.75, 3.05) is 0 Å². The first kappa shape index (κ1) is 13.4. The fraction of sp³-hybridized carbons (Fsp3) is 0.154. The number of hydrogen-bond donors (Lipinski definition) is 1. The zero-order chi connectivity index (χ0) is 14.8. The number of aromatic nitrogens is 4. The molecule has 0 saturated heterocycles. The van der Waals surface area contributed by atoms with Crippen LogP contribution in [0.15, 0.2) is 35.1 Å². The van der Waals surface area contributed by atoms with Crippen molar-refractivity contribution in [2.24, 2.45) is 0 Å². The fourth-order valence-electron chi connectivity index (χ4n) is 1.85. The first-order valence-corrected chi connectivity index (χ1v) is 6.06. The number of aliphatic hydroxyl groups excluding tert-OH is 1. The number of aliphatic hydroxyl groups is 1. The average molecular weight is 292 g/mol. The van der Waals surface area contributed by atoms with Gasteiger partial charge in [-0.15, -0.1) is 0 Å². The lowest BCUT2D eigenvalue weighted by atomic mass is 10.2. The summed E-state index contributed by atoms with van der Waals surface area (Å²) in [6, 6.07) is 3.37. The predicted octanol–water partition coefficient (Wildman–Crippen LogP) is 1.75. The summed E-state index contributed by atoms with van der Waals surface area (Å²) in [6.45, 7) is 0.0176. The first-order chi connectivity index (χ1) is 10.2. The maximum atomic E-state index is 13.2. The second-order valence-corrected chi connectivity index (χ2v) is 4.27. The number of benzene rings is 1. The third-order valence-corrected chi connectivity index (χ3v) is 2.89. The highest BCUT2D eigenvalue weighted by molar-refractivity contribution is 5.54. The third-order valence-electron chi connectivity index (χ3n) is 2.89. The normalized spacial score (nSPS) is 11.0. The van der Waals surface area contributed by atoms with Crippen LogP contribution >= 0.6 is 0 Å². The van der Waals surface area contributed by atoms with E-state index in [1.807, 2.05) is 0 Å². The van der Waals surface area contributed by atoms with Gasteiger partial charge in [-0.05, 0) is 18.2 Å². The molecule has 8 heteroatoms. The monoisotopic (exact) mass is 292 g/mol. The van der Waals surface area contributed by atoms with Gasteiger partial charge in [-0.2, -0.15) is 4.98 Å². The lowest BCUT2D eigenvalue weighted by Crippen LogP contribution is -2.04. The van der Waals surface area contributed by atoms with Crippen LogP contribution in [0.4, 0.5) is 8.78 Å². The molecular formula is C13H10F2N4O2. The Morgan fingerprint density at radius 2 is 2.10 bits per heavy atom. The van der Waals surface area contributed by atoms with Crippen LogP contribution in [0.3, 0.4) is 0 Å². The van der Waals surface area contributed by atoms with Crippen molar-refractivity contribution in [1.82, 2.24) is 19.7 Å². The topological polar surface area (TPSA) is 77.0 Å². The summed E-state index contributed by atoms with van der Waals surface area (Å²) < 4.78 is 32.8. The van der Waals surface area contributed by atoms with Crippen molar-refractivity contribution in [3.63, 3.8) is 0 Å². The summed E-state index contributed by atoms with van der Waals surface area (Å²) in [5, 5.41) is 12.8. The molecule has 0 fully saturated rings. The highest BCUT2D eigenvalue weighted by Gasteiger charge is 2.12. The predicted molar refractivity (Wildman–Crippen MR) is 66.9 cm³/mol. The van der Waals surface area contributed by atoms with Crippen molar-refractivity contribution in [1.29, 1.82) is 0 Å². The first-order valence-electron chi connectivity index (χ1n) is 6.06. The highest BCUT2D eigenvalue weighted by atomic mass is 19.2. The molecule has 0 atom stereocenters. The van der Waals surface area contributed by atoms with Gasteiger partial charge < -0.3 is 14.2 Å². The zero-order valence-corrected chi connectivity index (χ0v) is 10.7. The van der Waals surface area contributed by atoms with Gasteiger partial charge in [0, 0.05) is 18.0 Å². The molecule has 1 N–H and O–H groups in total. The van der Waals surface area contributed by atoms with E-state index >= 15 is 0 Å². The molecular weight excluding hydrogens is 282 g/mol. The van der Waals surface area contributed by atoms with Crippen molar-refractivity contribution in [3.8, 4) is 11.4 Å². The Kier molecular flexibility index (Phi) is 3.44. The molecule has 0 bridgehead atoms. The van der Waals surface area contributed by atoms with E-state index in [0.717, 1.165) is 12.1 Å².